The van der Waals surface area contributed by atoms with Crippen molar-refractivity contribution in [3.8, 4) is 0 Å². The lowest BCUT2D eigenvalue weighted by Gasteiger charge is -2.35. The molecule has 3 nitrogen and oxygen atoms in total. The molecular weight excluding hydrogens is 292 g/mol. The molecule has 0 saturated carbocycles. The molecule has 0 bridgehead atoms. The Morgan fingerprint density at radius 2 is 2.28 bits per heavy atom. The number of hydrogen-bond acceptors (Lipinski definition) is 2. The molecule has 1 atom stereocenters. The minimum atomic E-state index is 0.121. The largest absolute Gasteiger partial charge is 0.334 e. The Hall–Kier alpha value is -0.870. The monoisotopic (exact) mass is 310 g/mol. The van der Waals surface area contributed by atoms with E-state index < -0.39 is 0 Å². The summed E-state index contributed by atoms with van der Waals surface area (Å²) < 4.78 is 1.01. The smallest absolute Gasteiger partial charge is 0.254 e. The molecule has 0 spiro atoms. The lowest BCUT2D eigenvalue weighted by molar-refractivity contribution is 0.0622. The molecule has 1 aliphatic heterocycles. The molecule has 1 fully saturated rings. The minimum absolute atomic E-state index is 0.121. The van der Waals surface area contributed by atoms with Crippen LogP contribution >= 0.6 is 15.9 Å². The van der Waals surface area contributed by atoms with Gasteiger partial charge in [-0.3, -0.25) is 4.79 Å². The van der Waals surface area contributed by atoms with Crippen molar-refractivity contribution in [1.29, 1.82) is 0 Å². The van der Waals surface area contributed by atoms with Crippen molar-refractivity contribution in [2.24, 2.45) is 5.73 Å². The number of nitrogens with zero attached hydrogens (tertiary/aromatic N) is 1. The SMILES string of the molecule is Cc1cc(Br)ccc1C(=O)N1CCCC[C@@H]1CN. The first-order valence-electron chi connectivity index (χ1n) is 6.40. The lowest BCUT2D eigenvalue weighted by Crippen LogP contribution is -2.47. The Balaban J connectivity index is 2.24. The van der Waals surface area contributed by atoms with Gasteiger partial charge in [-0.2, -0.15) is 0 Å². The maximum absolute atomic E-state index is 12.6. The molecular formula is C14H19BrN2O. The normalized spacial score (nSPS) is 19.9. The molecule has 0 radical (unpaired) electrons. The molecule has 2 rings (SSSR count). The zero-order chi connectivity index (χ0) is 13.1. The molecule has 1 aromatic carbocycles. The number of halogens is 1. The predicted octanol–water partition coefficient (Wildman–Crippen LogP) is 2.71. The standard InChI is InChI=1S/C14H19BrN2O/c1-10-8-11(15)5-6-13(10)14(18)17-7-3-2-4-12(17)9-16/h5-6,8,12H,2-4,7,9,16H2,1H3/t12-/m1/s1. The molecule has 18 heavy (non-hydrogen) atoms. The predicted molar refractivity (Wildman–Crippen MR) is 76.6 cm³/mol. The van der Waals surface area contributed by atoms with Crippen LogP contribution in [-0.4, -0.2) is 29.9 Å². The van der Waals surface area contributed by atoms with Crippen LogP contribution in [0.3, 0.4) is 0 Å². The van der Waals surface area contributed by atoms with E-state index in [1.54, 1.807) is 0 Å². The summed E-state index contributed by atoms with van der Waals surface area (Å²) >= 11 is 3.42. The van der Waals surface area contributed by atoms with E-state index in [4.69, 9.17) is 5.73 Å². The summed E-state index contributed by atoms with van der Waals surface area (Å²) in [7, 11) is 0. The van der Waals surface area contributed by atoms with Crippen LogP contribution < -0.4 is 5.73 Å². The fourth-order valence-corrected chi connectivity index (χ4v) is 3.01. The topological polar surface area (TPSA) is 46.3 Å². The summed E-state index contributed by atoms with van der Waals surface area (Å²) in [5.74, 6) is 0.121. The molecule has 0 aliphatic carbocycles. The van der Waals surface area contributed by atoms with E-state index in [2.05, 4.69) is 15.9 Å². The highest BCUT2D eigenvalue weighted by atomic mass is 79.9. The van der Waals surface area contributed by atoms with E-state index in [1.165, 1.54) is 6.42 Å². The first-order valence-corrected chi connectivity index (χ1v) is 7.20. The van der Waals surface area contributed by atoms with E-state index in [9.17, 15) is 4.79 Å². The van der Waals surface area contributed by atoms with Crippen molar-refractivity contribution in [3.05, 3.63) is 33.8 Å². The van der Waals surface area contributed by atoms with Crippen LogP contribution in [0.15, 0.2) is 22.7 Å². The zero-order valence-electron chi connectivity index (χ0n) is 10.7. The fourth-order valence-electron chi connectivity index (χ4n) is 2.53. The third kappa shape index (κ3) is 2.75. The van der Waals surface area contributed by atoms with Gasteiger partial charge in [0.1, 0.15) is 0 Å². The first-order chi connectivity index (χ1) is 8.63. The number of carbonyl (C=O) groups excluding carboxylic acids is 1. The Bertz CT molecular complexity index is 447. The minimum Gasteiger partial charge on any atom is -0.334 e. The van der Waals surface area contributed by atoms with Crippen molar-refractivity contribution in [2.45, 2.75) is 32.2 Å². The van der Waals surface area contributed by atoms with Gasteiger partial charge in [-0.1, -0.05) is 15.9 Å². The average Bonchev–Trinajstić information content (AvgIpc) is 2.38. The number of hydrogen-bond donors (Lipinski definition) is 1. The fraction of sp³-hybridized carbons (Fsp3) is 0.500. The second-order valence-corrected chi connectivity index (χ2v) is 5.76. The first kappa shape index (κ1) is 13.6. The van der Waals surface area contributed by atoms with Gasteiger partial charge in [0.05, 0.1) is 0 Å². The number of carbonyl (C=O) groups is 1. The van der Waals surface area contributed by atoms with E-state index in [0.29, 0.717) is 6.54 Å². The van der Waals surface area contributed by atoms with Gasteiger partial charge in [-0.25, -0.2) is 0 Å². The van der Waals surface area contributed by atoms with Gasteiger partial charge >= 0.3 is 0 Å². The number of benzene rings is 1. The number of amides is 1. The molecule has 1 saturated heterocycles. The van der Waals surface area contributed by atoms with Crippen LogP contribution in [0.5, 0.6) is 0 Å². The molecule has 4 heteroatoms. The number of nitrogens with two attached hydrogens (primary N) is 1. The molecule has 1 amide bonds. The highest BCUT2D eigenvalue weighted by Crippen LogP contribution is 2.22. The highest BCUT2D eigenvalue weighted by molar-refractivity contribution is 9.10. The molecule has 2 N–H and O–H groups in total. The Morgan fingerprint density at radius 3 is 2.94 bits per heavy atom. The summed E-state index contributed by atoms with van der Waals surface area (Å²) in [6, 6.07) is 5.99. The zero-order valence-corrected chi connectivity index (χ0v) is 12.2. The Morgan fingerprint density at radius 1 is 1.50 bits per heavy atom. The van der Waals surface area contributed by atoms with E-state index >= 15 is 0 Å². The number of piperidine rings is 1. The van der Waals surface area contributed by atoms with Crippen molar-refractivity contribution in [3.63, 3.8) is 0 Å². The van der Waals surface area contributed by atoms with Gasteiger partial charge in [0.2, 0.25) is 0 Å². The van der Waals surface area contributed by atoms with Gasteiger partial charge in [-0.05, 0) is 49.9 Å². The number of rotatable bonds is 2. The lowest BCUT2D eigenvalue weighted by atomic mass is 9.99. The van der Waals surface area contributed by atoms with Gasteiger partial charge in [-0.15, -0.1) is 0 Å². The number of aryl methyl sites for hydroxylation is 1. The van der Waals surface area contributed by atoms with Gasteiger partial charge in [0.15, 0.2) is 0 Å². The van der Waals surface area contributed by atoms with Crippen molar-refractivity contribution >= 4 is 21.8 Å². The molecule has 0 unspecified atom stereocenters. The third-order valence-electron chi connectivity index (χ3n) is 3.58. The molecule has 98 valence electrons. The van der Waals surface area contributed by atoms with Crippen LogP contribution in [0.2, 0.25) is 0 Å². The van der Waals surface area contributed by atoms with Crippen LogP contribution in [0.4, 0.5) is 0 Å². The van der Waals surface area contributed by atoms with Crippen LogP contribution in [0.1, 0.15) is 35.2 Å². The number of likely N-dealkylation sites (tertiary alicyclic amines) is 1. The molecule has 1 aromatic rings. The third-order valence-corrected chi connectivity index (χ3v) is 4.07. The van der Waals surface area contributed by atoms with E-state index in [1.807, 2.05) is 30.0 Å². The summed E-state index contributed by atoms with van der Waals surface area (Å²) in [5, 5.41) is 0. The summed E-state index contributed by atoms with van der Waals surface area (Å²) in [6.45, 7) is 3.36. The van der Waals surface area contributed by atoms with Gasteiger partial charge in [0.25, 0.3) is 5.91 Å². The van der Waals surface area contributed by atoms with Crippen molar-refractivity contribution in [1.82, 2.24) is 4.90 Å². The Kier molecular flexibility index (Phi) is 4.40. The second kappa shape index (κ2) is 5.85. The van der Waals surface area contributed by atoms with Crippen LogP contribution in [-0.2, 0) is 0 Å². The average molecular weight is 311 g/mol. The second-order valence-electron chi connectivity index (χ2n) is 4.84. The molecule has 1 heterocycles. The maximum atomic E-state index is 12.6. The molecule has 0 aromatic heterocycles. The quantitative estimate of drug-likeness (QED) is 0.913. The summed E-state index contributed by atoms with van der Waals surface area (Å²) in [6.07, 6.45) is 3.28. The maximum Gasteiger partial charge on any atom is 0.254 e. The van der Waals surface area contributed by atoms with Gasteiger partial charge < -0.3 is 10.6 Å². The van der Waals surface area contributed by atoms with Crippen molar-refractivity contribution < 1.29 is 4.79 Å². The highest BCUT2D eigenvalue weighted by Gasteiger charge is 2.27. The summed E-state index contributed by atoms with van der Waals surface area (Å²) in [5.41, 5.74) is 7.57. The van der Waals surface area contributed by atoms with Crippen LogP contribution in [0.25, 0.3) is 0 Å². The summed E-state index contributed by atoms with van der Waals surface area (Å²) in [4.78, 5) is 14.5. The van der Waals surface area contributed by atoms with E-state index in [-0.39, 0.29) is 11.9 Å². The molecule has 1 aliphatic rings. The van der Waals surface area contributed by atoms with Crippen LogP contribution in [0, 0.1) is 6.92 Å². The van der Waals surface area contributed by atoms with E-state index in [0.717, 1.165) is 35.0 Å². The van der Waals surface area contributed by atoms with Gasteiger partial charge in [0, 0.05) is 29.2 Å². The van der Waals surface area contributed by atoms with Crippen molar-refractivity contribution in [2.75, 3.05) is 13.1 Å². The Labute approximate surface area is 116 Å².